The SMILES string of the molecule is COc1cc2nc(N3CCN(C(=O)c4cc(=O)c5ccccc5o4)[C@H](C(=O)NC(C)(C)C)C3)nc(N)c2cc1OC. The molecule has 1 aliphatic rings. The Balaban J connectivity index is 1.50. The summed E-state index contributed by atoms with van der Waals surface area (Å²) in [6, 6.07) is 10.4. The van der Waals surface area contributed by atoms with E-state index in [2.05, 4.69) is 10.3 Å². The van der Waals surface area contributed by atoms with E-state index in [0.29, 0.717) is 45.9 Å². The molecule has 214 valence electrons. The second-order valence-electron chi connectivity index (χ2n) is 10.8. The van der Waals surface area contributed by atoms with E-state index >= 15 is 0 Å². The molecule has 12 nitrogen and oxygen atoms in total. The predicted octanol–water partition coefficient (Wildman–Crippen LogP) is 2.58. The van der Waals surface area contributed by atoms with Gasteiger partial charge in [0, 0.05) is 36.1 Å². The molecule has 1 atom stereocenters. The maximum atomic E-state index is 13.7. The van der Waals surface area contributed by atoms with Gasteiger partial charge in [0.05, 0.1) is 31.7 Å². The average molecular weight is 561 g/mol. The number of nitrogens with zero attached hydrogens (tertiary/aromatic N) is 4. The van der Waals surface area contributed by atoms with Gasteiger partial charge < -0.3 is 34.7 Å². The molecule has 4 aromatic rings. The number of nitrogens with one attached hydrogen (secondary N) is 1. The third-order valence-electron chi connectivity index (χ3n) is 6.79. The first-order valence-electron chi connectivity index (χ1n) is 13.1. The maximum absolute atomic E-state index is 13.7. The van der Waals surface area contributed by atoms with Crippen LogP contribution in [0, 0.1) is 0 Å². The zero-order valence-corrected chi connectivity index (χ0v) is 23.6. The number of hydrogen-bond donors (Lipinski definition) is 2. The lowest BCUT2D eigenvalue weighted by atomic mass is 10.1. The van der Waals surface area contributed by atoms with Crippen LogP contribution in [0.5, 0.6) is 11.5 Å². The summed E-state index contributed by atoms with van der Waals surface area (Å²) in [5.41, 5.74) is 6.25. The van der Waals surface area contributed by atoms with E-state index in [1.165, 1.54) is 25.2 Å². The second-order valence-corrected chi connectivity index (χ2v) is 10.8. The number of anilines is 2. The third-order valence-corrected chi connectivity index (χ3v) is 6.79. The first-order chi connectivity index (χ1) is 19.5. The molecule has 0 saturated carbocycles. The molecular formula is C29H32N6O6. The smallest absolute Gasteiger partial charge is 0.290 e. The van der Waals surface area contributed by atoms with Crippen LogP contribution in [0.1, 0.15) is 31.3 Å². The molecule has 2 aromatic carbocycles. The summed E-state index contributed by atoms with van der Waals surface area (Å²) in [7, 11) is 3.06. The first-order valence-corrected chi connectivity index (χ1v) is 13.1. The lowest BCUT2D eigenvalue weighted by Gasteiger charge is -2.41. The summed E-state index contributed by atoms with van der Waals surface area (Å²) in [5, 5.41) is 3.92. The Morgan fingerprint density at radius 2 is 1.73 bits per heavy atom. The Hall–Kier alpha value is -4.87. The maximum Gasteiger partial charge on any atom is 0.290 e. The monoisotopic (exact) mass is 560 g/mol. The van der Waals surface area contributed by atoms with Crippen LogP contribution in [0.25, 0.3) is 21.9 Å². The minimum Gasteiger partial charge on any atom is -0.493 e. The number of benzene rings is 2. The van der Waals surface area contributed by atoms with Crippen LogP contribution in [-0.2, 0) is 4.79 Å². The van der Waals surface area contributed by atoms with E-state index in [9.17, 15) is 14.4 Å². The highest BCUT2D eigenvalue weighted by Gasteiger charge is 2.39. The van der Waals surface area contributed by atoms with Crippen LogP contribution < -0.4 is 30.9 Å². The number of hydrogen-bond acceptors (Lipinski definition) is 10. The number of ether oxygens (including phenoxy) is 2. The lowest BCUT2D eigenvalue weighted by molar-refractivity contribution is -0.127. The van der Waals surface area contributed by atoms with E-state index < -0.39 is 17.5 Å². The summed E-state index contributed by atoms with van der Waals surface area (Å²) >= 11 is 0. The van der Waals surface area contributed by atoms with Gasteiger partial charge in [-0.05, 0) is 39.0 Å². The van der Waals surface area contributed by atoms with Crippen molar-refractivity contribution in [3.63, 3.8) is 0 Å². The molecule has 1 saturated heterocycles. The molecule has 3 heterocycles. The molecule has 0 bridgehead atoms. The van der Waals surface area contributed by atoms with Crippen molar-refractivity contribution >= 4 is 45.5 Å². The predicted molar refractivity (Wildman–Crippen MR) is 154 cm³/mol. The van der Waals surface area contributed by atoms with E-state index in [0.717, 1.165) is 0 Å². The Morgan fingerprint density at radius 1 is 1.02 bits per heavy atom. The number of rotatable bonds is 5. The molecule has 0 unspecified atom stereocenters. The molecule has 1 fully saturated rings. The van der Waals surface area contributed by atoms with Crippen molar-refractivity contribution in [2.75, 3.05) is 44.5 Å². The van der Waals surface area contributed by atoms with Crippen molar-refractivity contribution in [2.24, 2.45) is 0 Å². The van der Waals surface area contributed by atoms with Crippen LogP contribution in [0.3, 0.4) is 0 Å². The fraction of sp³-hybridized carbons (Fsp3) is 0.345. The largest absolute Gasteiger partial charge is 0.493 e. The topological polar surface area (TPSA) is 153 Å². The molecule has 0 radical (unpaired) electrons. The molecule has 0 spiro atoms. The molecule has 41 heavy (non-hydrogen) atoms. The van der Waals surface area contributed by atoms with Gasteiger partial charge >= 0.3 is 0 Å². The number of aromatic nitrogens is 2. The minimum atomic E-state index is -0.932. The number of carbonyl (C=O) groups is 2. The van der Waals surface area contributed by atoms with Gasteiger partial charge in [-0.1, -0.05) is 12.1 Å². The Morgan fingerprint density at radius 3 is 2.44 bits per heavy atom. The summed E-state index contributed by atoms with van der Waals surface area (Å²) < 4.78 is 16.6. The molecule has 1 aliphatic heterocycles. The lowest BCUT2D eigenvalue weighted by Crippen LogP contribution is -2.62. The number of nitrogen functional groups attached to an aromatic ring is 1. The van der Waals surface area contributed by atoms with Gasteiger partial charge in [0.2, 0.25) is 11.9 Å². The van der Waals surface area contributed by atoms with Gasteiger partial charge in [-0.25, -0.2) is 4.98 Å². The van der Waals surface area contributed by atoms with Crippen molar-refractivity contribution in [3.8, 4) is 11.5 Å². The van der Waals surface area contributed by atoms with Gasteiger partial charge in [0.15, 0.2) is 22.7 Å². The number of fused-ring (bicyclic) bond motifs is 2. The summed E-state index contributed by atoms with van der Waals surface area (Å²) in [5.74, 6) is 0.463. The summed E-state index contributed by atoms with van der Waals surface area (Å²) in [6.07, 6.45) is 0. The summed E-state index contributed by atoms with van der Waals surface area (Å²) in [6.45, 7) is 6.11. The van der Waals surface area contributed by atoms with E-state index in [-0.39, 0.29) is 36.0 Å². The number of piperazine rings is 1. The number of amides is 2. The van der Waals surface area contributed by atoms with E-state index in [1.54, 1.807) is 41.3 Å². The van der Waals surface area contributed by atoms with Crippen molar-refractivity contribution in [1.29, 1.82) is 0 Å². The van der Waals surface area contributed by atoms with Crippen LogP contribution in [0.15, 0.2) is 51.7 Å². The zero-order valence-electron chi connectivity index (χ0n) is 23.6. The molecule has 0 aliphatic carbocycles. The number of nitrogens with two attached hydrogens (primary N) is 1. The van der Waals surface area contributed by atoms with Gasteiger partial charge in [-0.3, -0.25) is 14.4 Å². The Bertz CT molecular complexity index is 1710. The van der Waals surface area contributed by atoms with Gasteiger partial charge in [0.1, 0.15) is 17.4 Å². The Kier molecular flexibility index (Phi) is 7.16. The summed E-state index contributed by atoms with van der Waals surface area (Å²) in [4.78, 5) is 52.3. The minimum absolute atomic E-state index is 0.0870. The van der Waals surface area contributed by atoms with Crippen LogP contribution >= 0.6 is 0 Å². The third kappa shape index (κ3) is 5.45. The normalized spacial score (nSPS) is 15.7. The number of para-hydroxylation sites is 1. The highest BCUT2D eigenvalue weighted by molar-refractivity contribution is 5.97. The molecular weight excluding hydrogens is 528 g/mol. The highest BCUT2D eigenvalue weighted by Crippen LogP contribution is 2.34. The number of carbonyl (C=O) groups excluding carboxylic acids is 2. The van der Waals surface area contributed by atoms with Crippen LogP contribution in [0.2, 0.25) is 0 Å². The average Bonchev–Trinajstić information content (AvgIpc) is 2.94. The van der Waals surface area contributed by atoms with Crippen molar-refractivity contribution < 1.29 is 23.5 Å². The molecule has 12 heteroatoms. The highest BCUT2D eigenvalue weighted by atomic mass is 16.5. The fourth-order valence-electron chi connectivity index (χ4n) is 4.84. The molecule has 5 rings (SSSR count). The molecule has 2 aromatic heterocycles. The van der Waals surface area contributed by atoms with Crippen LogP contribution in [-0.4, -0.2) is 72.1 Å². The fourth-order valence-corrected chi connectivity index (χ4v) is 4.84. The van der Waals surface area contributed by atoms with E-state index in [4.69, 9.17) is 24.6 Å². The van der Waals surface area contributed by atoms with Gasteiger partial charge in [-0.2, -0.15) is 4.98 Å². The quantitative estimate of drug-likeness (QED) is 0.372. The van der Waals surface area contributed by atoms with Crippen molar-refractivity contribution in [2.45, 2.75) is 32.4 Å². The standard InChI is InChI=1S/C29H32N6O6/c1-29(2,3)33-26(37)19-15-34(28-31-18-13-23(40-5)22(39-4)12-17(18)25(30)32-28)10-11-35(19)27(38)24-14-20(36)16-8-6-7-9-21(16)41-24/h6-9,12-14,19H,10-11,15H2,1-5H3,(H,33,37)(H2,30,31,32)/t19-/m0/s1. The van der Waals surface area contributed by atoms with Crippen molar-refractivity contribution in [1.82, 2.24) is 20.2 Å². The zero-order chi connectivity index (χ0) is 29.5. The molecule has 3 N–H and O–H groups in total. The van der Waals surface area contributed by atoms with Gasteiger partial charge in [-0.15, -0.1) is 0 Å². The van der Waals surface area contributed by atoms with Crippen molar-refractivity contribution in [3.05, 3.63) is 58.4 Å². The Labute approximate surface area is 236 Å². The second kappa shape index (κ2) is 10.6. The first kappa shape index (κ1) is 27.7. The van der Waals surface area contributed by atoms with Crippen LogP contribution in [0.4, 0.5) is 11.8 Å². The van der Waals surface area contributed by atoms with Gasteiger partial charge in [0.25, 0.3) is 5.91 Å². The molecule has 2 amide bonds. The number of methoxy groups -OCH3 is 2. The van der Waals surface area contributed by atoms with E-state index in [1.807, 2.05) is 20.8 Å².